The van der Waals surface area contributed by atoms with Crippen molar-refractivity contribution in [2.24, 2.45) is 0 Å². The van der Waals surface area contributed by atoms with Crippen molar-refractivity contribution in [1.29, 1.82) is 0 Å². The fourth-order valence-electron chi connectivity index (χ4n) is 3.61. The van der Waals surface area contributed by atoms with Gasteiger partial charge in [-0.05, 0) is 43.2 Å². The highest BCUT2D eigenvalue weighted by Crippen LogP contribution is 2.29. The molecule has 6 heteroatoms. The lowest BCUT2D eigenvalue weighted by Gasteiger charge is -2.27. The van der Waals surface area contributed by atoms with Crippen LogP contribution in [0.1, 0.15) is 41.6 Å². The van der Waals surface area contributed by atoms with Crippen molar-refractivity contribution >= 4 is 23.2 Å². The molecule has 1 aromatic heterocycles. The molecule has 0 atom stereocenters. The summed E-state index contributed by atoms with van der Waals surface area (Å²) in [7, 11) is 1.62. The smallest absolute Gasteiger partial charge is 0.261 e. The Morgan fingerprint density at radius 2 is 1.90 bits per heavy atom. The van der Waals surface area contributed by atoms with E-state index in [1.165, 1.54) is 16.2 Å². The molecular formula is C24H24N2O3S. The summed E-state index contributed by atoms with van der Waals surface area (Å²) in [5, 5.41) is 2.98. The van der Waals surface area contributed by atoms with E-state index in [1.54, 1.807) is 7.11 Å². The maximum Gasteiger partial charge on any atom is 0.261 e. The van der Waals surface area contributed by atoms with E-state index in [-0.39, 0.29) is 11.8 Å². The second kappa shape index (κ2) is 8.71. The summed E-state index contributed by atoms with van der Waals surface area (Å²) < 4.78 is 5.34. The summed E-state index contributed by atoms with van der Waals surface area (Å²) in [5.74, 6) is 0.694. The lowest BCUT2D eigenvalue weighted by molar-refractivity contribution is 0.0736. The van der Waals surface area contributed by atoms with Crippen LogP contribution in [0, 0.1) is 6.92 Å². The second-order valence-corrected chi connectivity index (χ2v) is 8.53. The van der Waals surface area contributed by atoms with E-state index in [4.69, 9.17) is 4.74 Å². The van der Waals surface area contributed by atoms with Crippen LogP contribution in [0.3, 0.4) is 0 Å². The number of carbonyl (C=O) groups is 2. The average Bonchev–Trinajstić information content (AvgIpc) is 3.21. The highest BCUT2D eigenvalue weighted by Gasteiger charge is 2.25. The Hall–Kier alpha value is -3.12. The SMILES string of the molecule is COc1ccccc1CNC(=O)c1cc2c(s1)CCN(C(=O)c1ccc(C)cc1)C2. The van der Waals surface area contributed by atoms with Crippen LogP contribution in [0.4, 0.5) is 0 Å². The summed E-state index contributed by atoms with van der Waals surface area (Å²) in [4.78, 5) is 29.2. The number of amides is 2. The van der Waals surface area contributed by atoms with Crippen LogP contribution in [-0.2, 0) is 19.5 Å². The summed E-state index contributed by atoms with van der Waals surface area (Å²) in [6.45, 7) is 3.62. The molecule has 2 aromatic carbocycles. The minimum atomic E-state index is -0.100. The molecule has 0 bridgehead atoms. The van der Waals surface area contributed by atoms with Crippen LogP contribution < -0.4 is 10.1 Å². The maximum absolute atomic E-state index is 12.8. The van der Waals surface area contributed by atoms with Crippen LogP contribution in [0.2, 0.25) is 0 Å². The number of hydrogen-bond acceptors (Lipinski definition) is 4. The molecule has 0 aliphatic carbocycles. The van der Waals surface area contributed by atoms with Gasteiger partial charge in [0.05, 0.1) is 12.0 Å². The standard InChI is InChI=1S/C24H24N2O3S/c1-16-7-9-17(10-8-16)24(28)26-12-11-21-19(15-26)13-22(30-21)23(27)25-14-18-5-3-4-6-20(18)29-2/h3-10,13H,11-12,14-15H2,1-2H3,(H,25,27). The van der Waals surface area contributed by atoms with E-state index in [0.29, 0.717) is 30.1 Å². The number of para-hydroxylation sites is 1. The monoisotopic (exact) mass is 420 g/mol. The van der Waals surface area contributed by atoms with Gasteiger partial charge >= 0.3 is 0 Å². The zero-order chi connectivity index (χ0) is 21.1. The Bertz CT molecular complexity index is 1070. The lowest BCUT2D eigenvalue weighted by Crippen LogP contribution is -2.35. The first-order valence-corrected chi connectivity index (χ1v) is 10.7. The molecule has 154 valence electrons. The molecule has 0 unspecified atom stereocenters. The number of fused-ring (bicyclic) bond motifs is 1. The first-order valence-electron chi connectivity index (χ1n) is 9.93. The largest absolute Gasteiger partial charge is 0.496 e. The van der Waals surface area contributed by atoms with Gasteiger partial charge in [0, 0.05) is 35.6 Å². The van der Waals surface area contributed by atoms with E-state index < -0.39 is 0 Å². The van der Waals surface area contributed by atoms with Crippen LogP contribution in [-0.4, -0.2) is 30.4 Å². The van der Waals surface area contributed by atoms with Crippen molar-refractivity contribution in [3.05, 3.63) is 86.6 Å². The predicted octanol–water partition coefficient (Wildman–Crippen LogP) is 4.19. The highest BCUT2D eigenvalue weighted by molar-refractivity contribution is 7.14. The van der Waals surface area contributed by atoms with E-state index in [9.17, 15) is 9.59 Å². The number of nitrogens with one attached hydrogen (secondary N) is 1. The molecule has 1 aliphatic rings. The first kappa shape index (κ1) is 20.2. The molecule has 0 fully saturated rings. The molecular weight excluding hydrogens is 396 g/mol. The second-order valence-electron chi connectivity index (χ2n) is 7.40. The Morgan fingerprint density at radius 3 is 2.67 bits per heavy atom. The van der Waals surface area contributed by atoms with Gasteiger partial charge in [0.1, 0.15) is 5.75 Å². The maximum atomic E-state index is 12.8. The molecule has 0 saturated heterocycles. The van der Waals surface area contributed by atoms with Crippen molar-refractivity contribution in [3.63, 3.8) is 0 Å². The number of hydrogen-bond donors (Lipinski definition) is 1. The van der Waals surface area contributed by atoms with E-state index in [2.05, 4.69) is 5.32 Å². The van der Waals surface area contributed by atoms with Gasteiger partial charge in [0.2, 0.25) is 0 Å². The van der Waals surface area contributed by atoms with Gasteiger partial charge in [0.25, 0.3) is 11.8 Å². The van der Waals surface area contributed by atoms with Gasteiger partial charge in [-0.25, -0.2) is 0 Å². The van der Waals surface area contributed by atoms with Crippen molar-refractivity contribution in [3.8, 4) is 5.75 Å². The van der Waals surface area contributed by atoms with Crippen LogP contribution in [0.5, 0.6) is 5.75 Å². The normalized spacial score (nSPS) is 12.9. The predicted molar refractivity (Wildman–Crippen MR) is 118 cm³/mol. The Labute approximate surface area is 180 Å². The van der Waals surface area contributed by atoms with Gasteiger partial charge in [0.15, 0.2) is 0 Å². The molecule has 30 heavy (non-hydrogen) atoms. The fraction of sp³-hybridized carbons (Fsp3) is 0.250. The van der Waals surface area contributed by atoms with Crippen molar-refractivity contribution < 1.29 is 14.3 Å². The van der Waals surface area contributed by atoms with E-state index in [1.807, 2.05) is 66.4 Å². The number of benzene rings is 2. The van der Waals surface area contributed by atoms with Gasteiger partial charge < -0.3 is 15.0 Å². The third-order valence-corrected chi connectivity index (χ3v) is 6.54. The van der Waals surface area contributed by atoms with Crippen LogP contribution in [0.15, 0.2) is 54.6 Å². The summed E-state index contributed by atoms with van der Waals surface area (Å²) in [6, 6.07) is 17.2. The molecule has 1 aliphatic heterocycles. The van der Waals surface area contributed by atoms with Gasteiger partial charge in [-0.3, -0.25) is 9.59 Å². The zero-order valence-corrected chi connectivity index (χ0v) is 17.9. The van der Waals surface area contributed by atoms with Crippen molar-refractivity contribution in [2.45, 2.75) is 26.4 Å². The fourth-order valence-corrected chi connectivity index (χ4v) is 4.69. The minimum Gasteiger partial charge on any atom is -0.496 e. The van der Waals surface area contributed by atoms with E-state index in [0.717, 1.165) is 28.9 Å². The molecule has 0 radical (unpaired) electrons. The average molecular weight is 421 g/mol. The topological polar surface area (TPSA) is 58.6 Å². The zero-order valence-electron chi connectivity index (χ0n) is 17.1. The molecule has 3 aromatic rings. The number of aryl methyl sites for hydroxylation is 1. The summed E-state index contributed by atoms with van der Waals surface area (Å²) in [5.41, 5.74) is 3.84. The lowest BCUT2D eigenvalue weighted by atomic mass is 10.1. The third-order valence-electron chi connectivity index (χ3n) is 5.31. The Kier molecular flexibility index (Phi) is 5.86. The minimum absolute atomic E-state index is 0.0361. The quantitative estimate of drug-likeness (QED) is 0.673. The number of nitrogens with zero attached hydrogens (tertiary/aromatic N) is 1. The number of ether oxygens (including phenoxy) is 1. The molecule has 1 N–H and O–H groups in total. The third kappa shape index (κ3) is 4.24. The van der Waals surface area contributed by atoms with Gasteiger partial charge in [-0.2, -0.15) is 0 Å². The Balaban J connectivity index is 1.42. The van der Waals surface area contributed by atoms with Crippen LogP contribution >= 0.6 is 11.3 Å². The number of thiophene rings is 1. The molecule has 4 rings (SSSR count). The van der Waals surface area contributed by atoms with Gasteiger partial charge in [-0.1, -0.05) is 35.9 Å². The molecule has 2 heterocycles. The highest BCUT2D eigenvalue weighted by atomic mass is 32.1. The van der Waals surface area contributed by atoms with E-state index >= 15 is 0 Å². The number of carbonyl (C=O) groups excluding carboxylic acids is 2. The summed E-state index contributed by atoms with van der Waals surface area (Å²) in [6.07, 6.45) is 0.775. The molecule has 0 spiro atoms. The molecule has 5 nitrogen and oxygen atoms in total. The van der Waals surface area contributed by atoms with Gasteiger partial charge in [-0.15, -0.1) is 11.3 Å². The Morgan fingerprint density at radius 1 is 1.13 bits per heavy atom. The number of methoxy groups -OCH3 is 1. The van der Waals surface area contributed by atoms with Crippen molar-refractivity contribution in [1.82, 2.24) is 10.2 Å². The summed E-state index contributed by atoms with van der Waals surface area (Å²) >= 11 is 1.52. The number of rotatable bonds is 5. The first-order chi connectivity index (χ1) is 14.5. The van der Waals surface area contributed by atoms with Crippen LogP contribution in [0.25, 0.3) is 0 Å². The molecule has 0 saturated carbocycles. The molecule has 2 amide bonds. The van der Waals surface area contributed by atoms with Crippen molar-refractivity contribution in [2.75, 3.05) is 13.7 Å².